The standard InChI is InChI=1S/C14H27BN2O4/c1-9(2)11(17-13(19)15-14(20)21)7-5-6-8-16-12(18)10(3)4/h9-11,15H,5-8H2,1-4H3,(H,16,18)(H,17,19)(H,20,21)/t11-/m0/s1. The molecule has 0 saturated carbocycles. The van der Waals surface area contributed by atoms with Gasteiger partial charge < -0.3 is 15.7 Å². The Morgan fingerprint density at radius 2 is 1.71 bits per heavy atom. The normalized spacial score (nSPS) is 12.1. The van der Waals surface area contributed by atoms with Gasteiger partial charge in [0.05, 0.1) is 0 Å². The number of unbranched alkanes of at least 4 members (excludes halogenated alkanes) is 1. The number of hydrogen-bond acceptors (Lipinski definition) is 3. The molecule has 0 spiro atoms. The lowest BCUT2D eigenvalue weighted by Gasteiger charge is -2.22. The molecular weight excluding hydrogens is 271 g/mol. The molecule has 0 radical (unpaired) electrons. The third-order valence-electron chi connectivity index (χ3n) is 3.23. The van der Waals surface area contributed by atoms with Crippen LogP contribution in [0.5, 0.6) is 0 Å². The molecule has 0 aromatic heterocycles. The summed E-state index contributed by atoms with van der Waals surface area (Å²) in [4.78, 5) is 33.3. The predicted octanol–water partition coefficient (Wildman–Crippen LogP) is 1.78. The number of carboxylic acid groups (broad SMARTS) is 1. The predicted molar refractivity (Wildman–Crippen MR) is 84.0 cm³/mol. The van der Waals surface area contributed by atoms with Gasteiger partial charge in [0.2, 0.25) is 5.91 Å². The van der Waals surface area contributed by atoms with Crippen LogP contribution in [0.15, 0.2) is 0 Å². The van der Waals surface area contributed by atoms with Crippen LogP contribution in [0.25, 0.3) is 0 Å². The zero-order valence-electron chi connectivity index (χ0n) is 13.4. The summed E-state index contributed by atoms with van der Waals surface area (Å²) in [5, 5.41) is 14.2. The van der Waals surface area contributed by atoms with Gasteiger partial charge in [-0.15, -0.1) is 0 Å². The zero-order valence-corrected chi connectivity index (χ0v) is 13.4. The van der Waals surface area contributed by atoms with E-state index >= 15 is 0 Å². The van der Waals surface area contributed by atoms with Crippen molar-refractivity contribution < 1.29 is 19.5 Å². The second kappa shape index (κ2) is 10.2. The van der Waals surface area contributed by atoms with E-state index in [9.17, 15) is 14.4 Å². The molecule has 0 aromatic carbocycles. The van der Waals surface area contributed by atoms with Crippen molar-refractivity contribution in [2.24, 2.45) is 11.8 Å². The van der Waals surface area contributed by atoms with Gasteiger partial charge >= 0.3 is 7.28 Å². The van der Waals surface area contributed by atoms with Gasteiger partial charge in [0.25, 0.3) is 5.87 Å². The van der Waals surface area contributed by atoms with E-state index in [1.807, 2.05) is 27.7 Å². The van der Waals surface area contributed by atoms with Crippen molar-refractivity contribution in [2.45, 2.75) is 53.0 Å². The van der Waals surface area contributed by atoms with E-state index in [1.54, 1.807) is 0 Å². The summed E-state index contributed by atoms with van der Waals surface area (Å²) < 4.78 is 0. The van der Waals surface area contributed by atoms with E-state index in [4.69, 9.17) is 5.11 Å². The van der Waals surface area contributed by atoms with Gasteiger partial charge in [-0.25, -0.2) is 0 Å². The molecule has 6 nitrogen and oxygen atoms in total. The monoisotopic (exact) mass is 298 g/mol. The Hall–Kier alpha value is -1.53. The van der Waals surface area contributed by atoms with Crippen LogP contribution in [0, 0.1) is 11.8 Å². The van der Waals surface area contributed by atoms with Gasteiger partial charge in [0, 0.05) is 18.5 Å². The highest BCUT2D eigenvalue weighted by molar-refractivity contribution is 6.95. The van der Waals surface area contributed by atoms with E-state index in [-0.39, 0.29) is 23.8 Å². The summed E-state index contributed by atoms with van der Waals surface area (Å²) in [6.45, 7) is 8.31. The highest BCUT2D eigenvalue weighted by Crippen LogP contribution is 2.10. The third-order valence-corrected chi connectivity index (χ3v) is 3.23. The minimum absolute atomic E-state index is 0.0104. The Morgan fingerprint density at radius 1 is 1.10 bits per heavy atom. The van der Waals surface area contributed by atoms with Gasteiger partial charge in [-0.1, -0.05) is 27.7 Å². The van der Waals surface area contributed by atoms with Crippen LogP contribution in [0.2, 0.25) is 0 Å². The van der Waals surface area contributed by atoms with Crippen LogP contribution in [0.4, 0.5) is 9.59 Å². The molecule has 0 heterocycles. The smallest absolute Gasteiger partial charge is 0.366 e. The fraction of sp³-hybridized carbons (Fsp3) is 0.786. The summed E-state index contributed by atoms with van der Waals surface area (Å²) in [7, 11) is -0.492. The summed E-state index contributed by atoms with van der Waals surface area (Å²) in [6, 6.07) is -0.0300. The Morgan fingerprint density at radius 3 is 2.19 bits per heavy atom. The highest BCUT2D eigenvalue weighted by Gasteiger charge is 2.18. The Bertz CT molecular complexity index is 359. The molecule has 0 aliphatic carbocycles. The summed E-state index contributed by atoms with van der Waals surface area (Å²) >= 11 is 0. The fourth-order valence-corrected chi connectivity index (χ4v) is 1.87. The zero-order chi connectivity index (χ0) is 16.4. The van der Waals surface area contributed by atoms with Crippen LogP contribution in [-0.4, -0.2) is 42.6 Å². The number of nitrogens with one attached hydrogen (secondary N) is 2. The Balaban J connectivity index is 3.98. The van der Waals surface area contributed by atoms with E-state index < -0.39 is 19.0 Å². The number of carbonyl (C=O) groups excluding carboxylic acids is 2. The SMILES string of the molecule is CC(C)C(=O)NCCCC[C@H](NC(=O)BC(=O)O)C(C)C. The quantitative estimate of drug-likeness (QED) is 0.423. The van der Waals surface area contributed by atoms with Crippen molar-refractivity contribution in [3.05, 3.63) is 0 Å². The van der Waals surface area contributed by atoms with E-state index in [0.29, 0.717) is 6.54 Å². The second-order valence-electron chi connectivity index (χ2n) is 5.93. The van der Waals surface area contributed by atoms with Crippen molar-refractivity contribution in [3.8, 4) is 0 Å². The summed E-state index contributed by atoms with van der Waals surface area (Å²) in [6.07, 6.45) is 2.49. The van der Waals surface area contributed by atoms with Crippen LogP contribution in [0.1, 0.15) is 47.0 Å². The second-order valence-corrected chi connectivity index (χ2v) is 5.93. The molecule has 0 aliphatic heterocycles. The average molecular weight is 298 g/mol. The van der Waals surface area contributed by atoms with Crippen molar-refractivity contribution in [2.75, 3.05) is 6.54 Å². The Labute approximate surface area is 127 Å². The molecule has 2 amide bonds. The molecule has 3 N–H and O–H groups in total. The van der Waals surface area contributed by atoms with Crippen molar-refractivity contribution in [1.82, 2.24) is 10.6 Å². The summed E-state index contributed by atoms with van der Waals surface area (Å²) in [5.74, 6) is -1.29. The number of hydrogen-bond donors (Lipinski definition) is 3. The van der Waals surface area contributed by atoms with Crippen LogP contribution in [0.3, 0.4) is 0 Å². The van der Waals surface area contributed by atoms with Crippen LogP contribution < -0.4 is 10.6 Å². The van der Waals surface area contributed by atoms with Gasteiger partial charge in [0.1, 0.15) is 0 Å². The first-order valence-corrected chi connectivity index (χ1v) is 7.52. The topological polar surface area (TPSA) is 95.5 Å². The molecule has 0 bridgehead atoms. The van der Waals surface area contributed by atoms with E-state index in [0.717, 1.165) is 19.3 Å². The molecule has 21 heavy (non-hydrogen) atoms. The lowest BCUT2D eigenvalue weighted by molar-refractivity contribution is -0.123. The number of carbonyl (C=O) groups is 3. The molecule has 7 heteroatoms. The van der Waals surface area contributed by atoms with Crippen LogP contribution >= 0.6 is 0 Å². The lowest BCUT2D eigenvalue weighted by atomic mass is 9.77. The molecule has 0 unspecified atom stereocenters. The van der Waals surface area contributed by atoms with E-state index in [1.165, 1.54) is 0 Å². The summed E-state index contributed by atoms with van der Waals surface area (Å²) in [5.41, 5.74) is 0. The minimum Gasteiger partial charge on any atom is -0.489 e. The van der Waals surface area contributed by atoms with Crippen LogP contribution in [-0.2, 0) is 4.79 Å². The molecule has 1 atom stereocenters. The highest BCUT2D eigenvalue weighted by atomic mass is 16.4. The molecule has 0 saturated heterocycles. The maximum Gasteiger partial charge on any atom is 0.366 e. The molecule has 0 rings (SSSR count). The minimum atomic E-state index is -1.12. The average Bonchev–Trinajstić information content (AvgIpc) is 2.35. The maximum absolute atomic E-state index is 11.5. The van der Waals surface area contributed by atoms with Gasteiger partial charge in [-0.3, -0.25) is 14.4 Å². The van der Waals surface area contributed by atoms with Gasteiger partial charge in [0.15, 0.2) is 5.81 Å². The first-order chi connectivity index (χ1) is 9.73. The maximum atomic E-state index is 11.5. The lowest BCUT2D eigenvalue weighted by Crippen LogP contribution is -2.42. The van der Waals surface area contributed by atoms with Gasteiger partial charge in [-0.05, 0) is 25.2 Å². The fourth-order valence-electron chi connectivity index (χ4n) is 1.87. The Kier molecular flexibility index (Phi) is 9.49. The molecular formula is C14H27BN2O4. The van der Waals surface area contributed by atoms with Crippen molar-refractivity contribution in [1.29, 1.82) is 0 Å². The van der Waals surface area contributed by atoms with E-state index in [2.05, 4.69) is 10.6 Å². The first-order valence-electron chi connectivity index (χ1n) is 7.52. The van der Waals surface area contributed by atoms with Crippen molar-refractivity contribution in [3.63, 3.8) is 0 Å². The van der Waals surface area contributed by atoms with Gasteiger partial charge in [-0.2, -0.15) is 0 Å². The molecule has 0 aromatic rings. The number of amides is 2. The number of rotatable bonds is 10. The largest absolute Gasteiger partial charge is 0.489 e. The first kappa shape index (κ1) is 19.5. The molecule has 120 valence electrons. The van der Waals surface area contributed by atoms with Crippen molar-refractivity contribution >= 4 is 24.9 Å². The molecule has 0 aliphatic rings. The third kappa shape index (κ3) is 9.93. The molecule has 0 fully saturated rings.